The van der Waals surface area contributed by atoms with Crippen LogP contribution in [-0.4, -0.2) is 12.5 Å². The first-order chi connectivity index (χ1) is 10.3. The Kier molecular flexibility index (Phi) is 5.79. The highest BCUT2D eigenvalue weighted by Crippen LogP contribution is 2.12. The van der Waals surface area contributed by atoms with E-state index in [1.54, 1.807) is 0 Å². The van der Waals surface area contributed by atoms with Crippen LogP contribution in [0.3, 0.4) is 0 Å². The molecule has 0 fully saturated rings. The van der Waals surface area contributed by atoms with Gasteiger partial charge in [0.15, 0.2) is 6.61 Å². The Balaban J connectivity index is 1.67. The summed E-state index contributed by atoms with van der Waals surface area (Å²) >= 11 is 0. The molecule has 0 aliphatic carbocycles. The number of aryl methyl sites for hydroxylation is 1. The summed E-state index contributed by atoms with van der Waals surface area (Å²) in [4.78, 5) is 16.7. The summed E-state index contributed by atoms with van der Waals surface area (Å²) in [7, 11) is 0. The van der Waals surface area contributed by atoms with E-state index < -0.39 is 0 Å². The number of ether oxygens (including phenoxy) is 1. The molecule has 0 aliphatic rings. The maximum atomic E-state index is 11.6. The van der Waals surface area contributed by atoms with E-state index in [0.29, 0.717) is 12.4 Å². The van der Waals surface area contributed by atoms with Gasteiger partial charge in [0.05, 0.1) is 6.61 Å². The van der Waals surface area contributed by atoms with Crippen molar-refractivity contribution in [3.8, 4) is 5.75 Å². The van der Waals surface area contributed by atoms with Crippen molar-refractivity contribution in [3.05, 3.63) is 65.7 Å². The van der Waals surface area contributed by atoms with Gasteiger partial charge < -0.3 is 4.74 Å². The Morgan fingerprint density at radius 2 is 1.71 bits per heavy atom. The summed E-state index contributed by atoms with van der Waals surface area (Å²) in [6.07, 6.45) is 0.980. The number of hydrogen-bond acceptors (Lipinski definition) is 3. The standard InChI is InChI=1S/C17H19NO3/c1-2-14-8-10-16(11-9-14)20-13-17(19)18-21-12-15-6-4-3-5-7-15/h3-11H,2,12-13H2,1H3,(H,18,19). The van der Waals surface area contributed by atoms with Crippen molar-refractivity contribution in [2.24, 2.45) is 0 Å². The van der Waals surface area contributed by atoms with Crippen molar-refractivity contribution >= 4 is 5.91 Å². The number of nitrogens with one attached hydrogen (secondary N) is 1. The molecule has 4 nitrogen and oxygen atoms in total. The van der Waals surface area contributed by atoms with Crippen LogP contribution in [0.25, 0.3) is 0 Å². The number of carbonyl (C=O) groups is 1. The van der Waals surface area contributed by atoms with E-state index in [9.17, 15) is 4.79 Å². The minimum absolute atomic E-state index is 0.0692. The zero-order chi connectivity index (χ0) is 14.9. The second-order valence-electron chi connectivity index (χ2n) is 4.59. The third-order valence-electron chi connectivity index (χ3n) is 2.97. The molecule has 0 spiro atoms. The van der Waals surface area contributed by atoms with Crippen LogP contribution < -0.4 is 10.2 Å². The lowest BCUT2D eigenvalue weighted by atomic mass is 10.2. The number of hydroxylamine groups is 1. The van der Waals surface area contributed by atoms with E-state index in [-0.39, 0.29) is 12.5 Å². The first kappa shape index (κ1) is 15.1. The normalized spacial score (nSPS) is 10.1. The molecule has 0 unspecified atom stereocenters. The maximum absolute atomic E-state index is 11.6. The van der Waals surface area contributed by atoms with Crippen LogP contribution in [0.15, 0.2) is 54.6 Å². The Labute approximate surface area is 124 Å². The molecule has 1 amide bonds. The second kappa shape index (κ2) is 8.07. The first-order valence-electron chi connectivity index (χ1n) is 6.94. The lowest BCUT2D eigenvalue weighted by Gasteiger charge is -2.08. The molecule has 0 bridgehead atoms. The molecule has 2 aromatic rings. The maximum Gasteiger partial charge on any atom is 0.281 e. The van der Waals surface area contributed by atoms with Crippen LogP contribution in [0.2, 0.25) is 0 Å². The monoisotopic (exact) mass is 285 g/mol. The molecule has 2 rings (SSSR count). The van der Waals surface area contributed by atoms with Gasteiger partial charge in [-0.3, -0.25) is 9.63 Å². The van der Waals surface area contributed by atoms with Crippen LogP contribution in [-0.2, 0) is 22.7 Å². The van der Waals surface area contributed by atoms with Gasteiger partial charge in [0.1, 0.15) is 5.75 Å². The average Bonchev–Trinajstić information content (AvgIpc) is 2.54. The predicted molar refractivity (Wildman–Crippen MR) is 80.7 cm³/mol. The fraction of sp³-hybridized carbons (Fsp3) is 0.235. The Morgan fingerprint density at radius 3 is 2.38 bits per heavy atom. The molecule has 0 radical (unpaired) electrons. The van der Waals surface area contributed by atoms with E-state index in [1.807, 2.05) is 54.6 Å². The van der Waals surface area contributed by atoms with Crippen molar-refractivity contribution in [2.45, 2.75) is 20.0 Å². The van der Waals surface area contributed by atoms with Crippen LogP contribution in [0.1, 0.15) is 18.1 Å². The molecule has 4 heteroatoms. The van der Waals surface area contributed by atoms with Crippen LogP contribution in [0, 0.1) is 0 Å². The number of amides is 1. The van der Waals surface area contributed by atoms with Gasteiger partial charge in [-0.25, -0.2) is 5.48 Å². The first-order valence-corrected chi connectivity index (χ1v) is 6.94. The minimum Gasteiger partial charge on any atom is -0.484 e. The molecule has 0 atom stereocenters. The van der Waals surface area contributed by atoms with Crippen molar-refractivity contribution in [1.29, 1.82) is 0 Å². The molecule has 1 N–H and O–H groups in total. The highest BCUT2D eigenvalue weighted by Gasteiger charge is 2.03. The summed E-state index contributed by atoms with van der Waals surface area (Å²) in [6, 6.07) is 17.3. The Bertz CT molecular complexity index is 552. The molecule has 0 heterocycles. The zero-order valence-electron chi connectivity index (χ0n) is 12.0. The second-order valence-corrected chi connectivity index (χ2v) is 4.59. The van der Waals surface area contributed by atoms with E-state index in [0.717, 1.165) is 12.0 Å². The quantitative estimate of drug-likeness (QED) is 0.796. The summed E-state index contributed by atoms with van der Waals surface area (Å²) in [6.45, 7) is 2.35. The van der Waals surface area contributed by atoms with Gasteiger partial charge in [-0.2, -0.15) is 0 Å². The highest BCUT2D eigenvalue weighted by atomic mass is 16.7. The summed E-state index contributed by atoms with van der Waals surface area (Å²) in [5.41, 5.74) is 4.59. The lowest BCUT2D eigenvalue weighted by Crippen LogP contribution is -2.28. The van der Waals surface area contributed by atoms with Gasteiger partial charge in [-0.05, 0) is 29.7 Å². The summed E-state index contributed by atoms with van der Waals surface area (Å²) in [5, 5.41) is 0. The average molecular weight is 285 g/mol. The smallest absolute Gasteiger partial charge is 0.281 e. The van der Waals surface area contributed by atoms with Crippen molar-refractivity contribution in [3.63, 3.8) is 0 Å². The van der Waals surface area contributed by atoms with E-state index in [2.05, 4.69) is 12.4 Å². The Hall–Kier alpha value is -2.33. The van der Waals surface area contributed by atoms with Gasteiger partial charge in [-0.15, -0.1) is 0 Å². The van der Waals surface area contributed by atoms with Crippen LogP contribution in [0.4, 0.5) is 0 Å². The summed E-state index contributed by atoms with van der Waals surface area (Å²) < 4.78 is 5.38. The molecule has 0 aromatic heterocycles. The van der Waals surface area contributed by atoms with Crippen LogP contribution in [0.5, 0.6) is 5.75 Å². The van der Waals surface area contributed by atoms with E-state index in [1.165, 1.54) is 5.56 Å². The summed E-state index contributed by atoms with van der Waals surface area (Å²) in [5.74, 6) is 0.357. The highest BCUT2D eigenvalue weighted by molar-refractivity contribution is 5.76. The fourth-order valence-corrected chi connectivity index (χ4v) is 1.77. The van der Waals surface area contributed by atoms with Crippen molar-refractivity contribution in [1.82, 2.24) is 5.48 Å². The van der Waals surface area contributed by atoms with Gasteiger partial charge in [0, 0.05) is 0 Å². The molecular formula is C17H19NO3. The molecule has 21 heavy (non-hydrogen) atoms. The van der Waals surface area contributed by atoms with Crippen molar-refractivity contribution in [2.75, 3.05) is 6.61 Å². The Morgan fingerprint density at radius 1 is 1.00 bits per heavy atom. The number of benzene rings is 2. The molecule has 2 aromatic carbocycles. The van der Waals surface area contributed by atoms with Crippen molar-refractivity contribution < 1.29 is 14.4 Å². The van der Waals surface area contributed by atoms with Gasteiger partial charge in [0.25, 0.3) is 5.91 Å². The predicted octanol–water partition coefficient (Wildman–Crippen LogP) is 2.88. The van der Waals surface area contributed by atoms with E-state index >= 15 is 0 Å². The van der Waals surface area contributed by atoms with Gasteiger partial charge >= 0.3 is 0 Å². The van der Waals surface area contributed by atoms with Gasteiger partial charge in [0.2, 0.25) is 0 Å². The minimum atomic E-state index is -0.314. The third kappa shape index (κ3) is 5.28. The van der Waals surface area contributed by atoms with Gasteiger partial charge in [-0.1, -0.05) is 49.4 Å². The molecular weight excluding hydrogens is 266 g/mol. The number of carbonyl (C=O) groups excluding carboxylic acids is 1. The topological polar surface area (TPSA) is 47.6 Å². The fourth-order valence-electron chi connectivity index (χ4n) is 1.77. The molecule has 110 valence electrons. The molecule has 0 saturated carbocycles. The number of hydrogen-bond donors (Lipinski definition) is 1. The number of rotatable bonds is 7. The SMILES string of the molecule is CCc1ccc(OCC(=O)NOCc2ccccc2)cc1. The largest absolute Gasteiger partial charge is 0.484 e. The van der Waals surface area contributed by atoms with Crippen LogP contribution >= 0.6 is 0 Å². The molecule has 0 saturated heterocycles. The lowest BCUT2D eigenvalue weighted by molar-refractivity contribution is -0.136. The molecule has 0 aliphatic heterocycles. The third-order valence-corrected chi connectivity index (χ3v) is 2.97. The van der Waals surface area contributed by atoms with E-state index in [4.69, 9.17) is 9.57 Å². The zero-order valence-corrected chi connectivity index (χ0v) is 12.0.